The van der Waals surface area contributed by atoms with Crippen molar-refractivity contribution in [3.05, 3.63) is 60.2 Å². The number of anilines is 1. The molecule has 0 aromatic heterocycles. The molecule has 2 rings (SSSR count). The number of carbonyl (C=O) groups is 1. The third kappa shape index (κ3) is 4.70. The maximum atomic E-state index is 12.4. The molecule has 0 aliphatic heterocycles. The lowest BCUT2D eigenvalue weighted by atomic mass is 10.1. The van der Waals surface area contributed by atoms with E-state index < -0.39 is 5.91 Å². The van der Waals surface area contributed by atoms with Crippen LogP contribution >= 0.6 is 45.2 Å². The van der Waals surface area contributed by atoms with Crippen LogP contribution in [0.2, 0.25) is 0 Å². The predicted octanol–water partition coefficient (Wildman–Crippen LogP) is 4.76. The molecule has 0 unspecified atom stereocenters. The molecular weight excluding hydrogens is 530 g/mol. The molecule has 2 aromatic rings. The van der Waals surface area contributed by atoms with Gasteiger partial charge in [0.25, 0.3) is 5.91 Å². The van der Waals surface area contributed by atoms with Crippen molar-refractivity contribution in [3.8, 4) is 11.8 Å². The SMILES string of the molecule is COc1c(I)cc(I)cc1/C=C(\C#N)C(=O)Nc1cccc(C)c1. The summed E-state index contributed by atoms with van der Waals surface area (Å²) in [7, 11) is 1.57. The Kier molecular flexibility index (Phi) is 6.62. The summed E-state index contributed by atoms with van der Waals surface area (Å²) in [6.45, 7) is 1.94. The first kappa shape index (κ1) is 18.7. The van der Waals surface area contributed by atoms with Crippen LogP contribution in [0.3, 0.4) is 0 Å². The van der Waals surface area contributed by atoms with E-state index in [9.17, 15) is 10.1 Å². The van der Waals surface area contributed by atoms with Crippen molar-refractivity contribution >= 4 is 62.9 Å². The summed E-state index contributed by atoms with van der Waals surface area (Å²) in [4.78, 5) is 12.4. The van der Waals surface area contributed by atoms with Gasteiger partial charge >= 0.3 is 0 Å². The van der Waals surface area contributed by atoms with Gasteiger partial charge in [0.1, 0.15) is 17.4 Å². The molecule has 1 N–H and O–H groups in total. The summed E-state index contributed by atoms with van der Waals surface area (Å²) < 4.78 is 7.32. The van der Waals surface area contributed by atoms with E-state index in [1.165, 1.54) is 0 Å². The second kappa shape index (κ2) is 8.48. The standard InChI is InChI=1S/C18H14I2N2O2/c1-11-4-3-5-15(6-11)22-18(23)13(10-21)7-12-8-14(19)9-16(20)17(12)24-2/h3-9H,1-2H3,(H,22,23)/b13-7+. The highest BCUT2D eigenvalue weighted by Crippen LogP contribution is 2.30. The molecule has 0 bridgehead atoms. The van der Waals surface area contributed by atoms with Gasteiger partial charge in [0, 0.05) is 14.8 Å². The van der Waals surface area contributed by atoms with Crippen molar-refractivity contribution in [2.45, 2.75) is 6.92 Å². The summed E-state index contributed by atoms with van der Waals surface area (Å²) in [6.07, 6.45) is 1.55. The van der Waals surface area contributed by atoms with Gasteiger partial charge < -0.3 is 10.1 Å². The van der Waals surface area contributed by atoms with Crippen LogP contribution in [0.5, 0.6) is 5.75 Å². The largest absolute Gasteiger partial charge is 0.495 e. The first-order chi connectivity index (χ1) is 11.4. The molecule has 0 heterocycles. The molecule has 2 aromatic carbocycles. The van der Waals surface area contributed by atoms with E-state index in [4.69, 9.17) is 4.74 Å². The lowest BCUT2D eigenvalue weighted by Crippen LogP contribution is -2.13. The Hall–Kier alpha value is -1.60. The molecular formula is C18H14I2N2O2. The van der Waals surface area contributed by atoms with Crippen molar-refractivity contribution in [2.75, 3.05) is 12.4 Å². The number of halogens is 2. The Labute approximate surface area is 168 Å². The molecule has 4 nitrogen and oxygen atoms in total. The number of ether oxygens (including phenoxy) is 1. The van der Waals surface area contributed by atoms with E-state index in [1.807, 2.05) is 43.3 Å². The highest BCUT2D eigenvalue weighted by atomic mass is 127. The number of amides is 1. The minimum absolute atomic E-state index is 0.0209. The zero-order valence-electron chi connectivity index (χ0n) is 13.1. The maximum absolute atomic E-state index is 12.4. The molecule has 122 valence electrons. The number of carbonyl (C=O) groups excluding carboxylic acids is 1. The number of hydrogen-bond acceptors (Lipinski definition) is 3. The minimum atomic E-state index is -0.445. The zero-order valence-corrected chi connectivity index (χ0v) is 17.4. The summed E-state index contributed by atoms with van der Waals surface area (Å²) in [5, 5.41) is 12.1. The molecule has 0 atom stereocenters. The second-order valence-electron chi connectivity index (χ2n) is 5.00. The lowest BCUT2D eigenvalue weighted by Gasteiger charge is -2.09. The minimum Gasteiger partial charge on any atom is -0.495 e. The quantitative estimate of drug-likeness (QED) is 0.344. The van der Waals surface area contributed by atoms with Gasteiger partial charge in [-0.2, -0.15) is 5.26 Å². The van der Waals surface area contributed by atoms with Crippen LogP contribution in [0.25, 0.3) is 6.08 Å². The van der Waals surface area contributed by atoms with Crippen LogP contribution in [-0.2, 0) is 4.79 Å². The Morgan fingerprint density at radius 1 is 1.29 bits per heavy atom. The normalized spacial score (nSPS) is 10.9. The second-order valence-corrected chi connectivity index (χ2v) is 7.41. The first-order valence-electron chi connectivity index (χ1n) is 6.97. The number of aryl methyl sites for hydroxylation is 1. The van der Waals surface area contributed by atoms with Crippen LogP contribution in [-0.4, -0.2) is 13.0 Å². The highest BCUT2D eigenvalue weighted by molar-refractivity contribution is 14.1. The van der Waals surface area contributed by atoms with E-state index in [0.29, 0.717) is 17.0 Å². The fourth-order valence-electron chi connectivity index (χ4n) is 2.13. The van der Waals surface area contributed by atoms with E-state index in [1.54, 1.807) is 19.3 Å². The van der Waals surface area contributed by atoms with Crippen molar-refractivity contribution in [1.29, 1.82) is 5.26 Å². The van der Waals surface area contributed by atoms with Crippen LogP contribution in [0.4, 0.5) is 5.69 Å². The van der Waals surface area contributed by atoms with E-state index >= 15 is 0 Å². The Balaban J connectivity index is 2.36. The van der Waals surface area contributed by atoms with Crippen LogP contribution in [0, 0.1) is 25.4 Å². The molecule has 1 amide bonds. The third-order valence-corrected chi connectivity index (χ3v) is 4.61. The molecule has 0 aliphatic carbocycles. The van der Waals surface area contributed by atoms with Crippen molar-refractivity contribution in [3.63, 3.8) is 0 Å². The van der Waals surface area contributed by atoms with Crippen LogP contribution < -0.4 is 10.1 Å². The number of nitrogens with one attached hydrogen (secondary N) is 1. The number of hydrogen-bond donors (Lipinski definition) is 1. The lowest BCUT2D eigenvalue weighted by molar-refractivity contribution is -0.112. The van der Waals surface area contributed by atoms with Crippen LogP contribution in [0.15, 0.2) is 42.0 Å². The molecule has 24 heavy (non-hydrogen) atoms. The molecule has 0 saturated carbocycles. The molecule has 0 spiro atoms. The highest BCUT2D eigenvalue weighted by Gasteiger charge is 2.13. The number of nitriles is 1. The monoisotopic (exact) mass is 544 g/mol. The van der Waals surface area contributed by atoms with Gasteiger partial charge in [-0.3, -0.25) is 4.79 Å². The number of benzene rings is 2. The van der Waals surface area contributed by atoms with Crippen LogP contribution in [0.1, 0.15) is 11.1 Å². The van der Waals surface area contributed by atoms with Gasteiger partial charge in [-0.1, -0.05) is 12.1 Å². The van der Waals surface area contributed by atoms with E-state index in [0.717, 1.165) is 12.7 Å². The van der Waals surface area contributed by atoms with Gasteiger partial charge in [0.2, 0.25) is 0 Å². The molecule has 0 saturated heterocycles. The smallest absolute Gasteiger partial charge is 0.266 e. The third-order valence-electron chi connectivity index (χ3n) is 3.18. The molecule has 6 heteroatoms. The Morgan fingerprint density at radius 2 is 2.04 bits per heavy atom. The van der Waals surface area contributed by atoms with E-state index in [2.05, 4.69) is 50.5 Å². The number of methoxy groups -OCH3 is 1. The number of nitrogens with zero attached hydrogens (tertiary/aromatic N) is 1. The topological polar surface area (TPSA) is 62.1 Å². The summed E-state index contributed by atoms with van der Waals surface area (Å²) >= 11 is 4.36. The number of rotatable bonds is 4. The van der Waals surface area contributed by atoms with E-state index in [-0.39, 0.29) is 5.57 Å². The van der Waals surface area contributed by atoms with Gasteiger partial charge in [0.05, 0.1) is 10.7 Å². The summed E-state index contributed by atoms with van der Waals surface area (Å²) in [5.74, 6) is 0.200. The summed E-state index contributed by atoms with van der Waals surface area (Å²) in [6, 6.07) is 13.2. The fourth-order valence-corrected chi connectivity index (χ4v) is 4.24. The summed E-state index contributed by atoms with van der Waals surface area (Å²) in [5.41, 5.74) is 2.41. The van der Waals surface area contributed by atoms with Gasteiger partial charge in [-0.05, 0) is 88.0 Å². The van der Waals surface area contributed by atoms with Crippen molar-refractivity contribution in [2.24, 2.45) is 0 Å². The Bertz CT molecular complexity index is 855. The molecule has 0 radical (unpaired) electrons. The fraction of sp³-hybridized carbons (Fsp3) is 0.111. The van der Waals surface area contributed by atoms with Crippen molar-refractivity contribution in [1.82, 2.24) is 0 Å². The van der Waals surface area contributed by atoms with Gasteiger partial charge in [-0.25, -0.2) is 0 Å². The molecule has 0 aliphatic rings. The van der Waals surface area contributed by atoms with Gasteiger partial charge in [-0.15, -0.1) is 0 Å². The zero-order chi connectivity index (χ0) is 17.7. The average molecular weight is 544 g/mol. The molecule has 0 fully saturated rings. The van der Waals surface area contributed by atoms with Crippen molar-refractivity contribution < 1.29 is 9.53 Å². The average Bonchev–Trinajstić information content (AvgIpc) is 2.52. The predicted molar refractivity (Wildman–Crippen MR) is 112 cm³/mol. The Morgan fingerprint density at radius 3 is 2.67 bits per heavy atom. The first-order valence-corrected chi connectivity index (χ1v) is 9.13. The van der Waals surface area contributed by atoms with Gasteiger partial charge in [0.15, 0.2) is 0 Å². The maximum Gasteiger partial charge on any atom is 0.266 e.